The summed E-state index contributed by atoms with van der Waals surface area (Å²) in [4.78, 5) is 0. The molecule has 1 heterocycles. The Morgan fingerprint density at radius 2 is 1.56 bits per heavy atom. The van der Waals surface area contributed by atoms with Gasteiger partial charge in [0, 0.05) is 10.9 Å². The number of para-hydroxylation sites is 1. The van der Waals surface area contributed by atoms with Crippen molar-refractivity contribution in [1.82, 2.24) is 0 Å². The highest BCUT2D eigenvalue weighted by molar-refractivity contribution is 8.28. The zero-order valence-corrected chi connectivity index (χ0v) is 10.7. The average molecular weight is 267 g/mol. The quantitative estimate of drug-likeness (QED) is 0.669. The van der Waals surface area contributed by atoms with Crippen molar-refractivity contribution in [3.05, 3.63) is 48.5 Å². The first-order valence-electron chi connectivity index (χ1n) is 4.87. The van der Waals surface area contributed by atoms with Gasteiger partial charge in [0.2, 0.25) is 5.62 Å². The van der Waals surface area contributed by atoms with E-state index in [0.717, 1.165) is 22.2 Å². The smallest absolute Gasteiger partial charge is 0.229 e. The van der Waals surface area contributed by atoms with Crippen LogP contribution in [0.1, 0.15) is 0 Å². The van der Waals surface area contributed by atoms with Gasteiger partial charge >= 0.3 is 0 Å². The first-order chi connectivity index (χ1) is 7.68. The van der Waals surface area contributed by atoms with Gasteiger partial charge in [-0.25, -0.2) is 0 Å². The minimum atomic E-state index is -2.40. The minimum absolute atomic E-state index is 0.791. The second-order valence-corrected chi connectivity index (χ2v) is 8.78. The topological polar surface area (TPSA) is 9.23 Å². The van der Waals surface area contributed by atoms with Crippen molar-refractivity contribution in [2.45, 2.75) is 0 Å². The molecule has 0 spiro atoms. The zero-order chi connectivity index (χ0) is 11.2. The molecule has 2 aromatic carbocycles. The van der Waals surface area contributed by atoms with E-state index in [2.05, 4.69) is 0 Å². The summed E-state index contributed by atoms with van der Waals surface area (Å²) in [7, 11) is 0. The summed E-state index contributed by atoms with van der Waals surface area (Å²) in [5, 5.41) is 0.949. The molecule has 0 N–H and O–H groups in total. The van der Waals surface area contributed by atoms with Crippen LogP contribution < -0.4 is 9.83 Å². The molecule has 16 heavy (non-hydrogen) atoms. The van der Waals surface area contributed by atoms with Crippen molar-refractivity contribution in [3.63, 3.8) is 0 Å². The van der Waals surface area contributed by atoms with Gasteiger partial charge in [0.05, 0.1) is 0 Å². The average Bonchev–Trinajstić information content (AvgIpc) is 2.29. The number of hydrogen-bond acceptors (Lipinski definition) is 2. The Morgan fingerprint density at radius 1 is 0.938 bits per heavy atom. The lowest BCUT2D eigenvalue weighted by molar-refractivity contribution is 0.631. The van der Waals surface area contributed by atoms with Crippen LogP contribution in [0, 0.1) is 0 Å². The van der Waals surface area contributed by atoms with Gasteiger partial charge in [-0.1, -0.05) is 36.4 Å². The molecule has 0 aromatic heterocycles. The summed E-state index contributed by atoms with van der Waals surface area (Å²) in [6.45, 7) is 0. The van der Waals surface area contributed by atoms with Crippen molar-refractivity contribution >= 4 is 34.0 Å². The Morgan fingerprint density at radius 3 is 2.38 bits per heavy atom. The van der Waals surface area contributed by atoms with Crippen LogP contribution in [0.5, 0.6) is 5.75 Å². The van der Waals surface area contributed by atoms with Gasteiger partial charge < -0.3 is 4.52 Å². The molecule has 1 nitrogen and oxygen atoms in total. The number of rotatable bonds is 0. The highest BCUT2D eigenvalue weighted by Crippen LogP contribution is 2.58. The summed E-state index contributed by atoms with van der Waals surface area (Å²) in [6.07, 6.45) is 0. The third-order valence-corrected chi connectivity index (χ3v) is 5.55. The Labute approximate surface area is 104 Å². The molecule has 0 saturated heterocycles. The fraction of sp³-hybridized carbons (Fsp3) is 0. The molecule has 0 fully saturated rings. The van der Waals surface area contributed by atoms with Crippen LogP contribution in [0.4, 0.5) is 0 Å². The molecule has 0 aliphatic carbocycles. The molecule has 1 aliphatic heterocycles. The maximum atomic E-state index is 6.33. The van der Waals surface area contributed by atoms with Gasteiger partial charge in [-0.15, -0.1) is 0 Å². The summed E-state index contributed by atoms with van der Waals surface area (Å²) in [5.74, 6) is 0.791. The van der Waals surface area contributed by atoms with Crippen LogP contribution in [0.15, 0.2) is 48.5 Å². The molecule has 0 radical (unpaired) electrons. The second-order valence-electron chi connectivity index (χ2n) is 3.58. The maximum Gasteiger partial charge on any atom is 0.229 e. The minimum Gasteiger partial charge on any atom is -0.448 e. The van der Waals surface area contributed by atoms with E-state index in [-0.39, 0.29) is 0 Å². The molecule has 0 amide bonds. The van der Waals surface area contributed by atoms with Gasteiger partial charge in [0.1, 0.15) is 5.75 Å². The fourth-order valence-electron chi connectivity index (χ4n) is 1.88. The Hall–Kier alpha value is -0.820. The predicted molar refractivity (Wildman–Crippen MR) is 72.3 cm³/mol. The van der Waals surface area contributed by atoms with E-state index in [1.165, 1.54) is 0 Å². The lowest BCUT2D eigenvalue weighted by atomic mass is 10.0. The van der Waals surface area contributed by atoms with E-state index in [9.17, 15) is 0 Å². The second kappa shape index (κ2) is 3.59. The van der Waals surface area contributed by atoms with E-state index in [4.69, 9.17) is 27.6 Å². The fourth-order valence-corrected chi connectivity index (χ4v) is 4.52. The number of benzene rings is 2. The van der Waals surface area contributed by atoms with Crippen LogP contribution in [0.25, 0.3) is 11.1 Å². The maximum absolute atomic E-state index is 6.33. The Balaban J connectivity index is 2.38. The molecule has 2 aromatic rings. The van der Waals surface area contributed by atoms with Crippen molar-refractivity contribution in [2.75, 3.05) is 0 Å². The van der Waals surface area contributed by atoms with Gasteiger partial charge in [-0.3, -0.25) is 0 Å². The third kappa shape index (κ3) is 1.49. The molecule has 0 bridgehead atoms. The van der Waals surface area contributed by atoms with E-state index < -0.39 is 5.62 Å². The summed E-state index contributed by atoms with van der Waals surface area (Å²) >= 11 is 11.7. The van der Waals surface area contributed by atoms with E-state index in [1.807, 2.05) is 48.5 Å². The molecular weight excluding hydrogens is 259 g/mol. The first-order valence-corrected chi connectivity index (χ1v) is 8.49. The Bertz CT molecular complexity index is 611. The molecule has 0 saturated carbocycles. The number of halogens is 1. The third-order valence-electron chi connectivity index (χ3n) is 2.58. The normalized spacial score (nSPS) is 21.8. The SMILES string of the molecule is S=P1(Cl)Oc2ccccc2-c2ccccc21. The highest BCUT2D eigenvalue weighted by Gasteiger charge is 2.29. The van der Waals surface area contributed by atoms with Crippen molar-refractivity contribution < 1.29 is 4.52 Å². The van der Waals surface area contributed by atoms with Gasteiger partial charge in [-0.05, 0) is 40.7 Å². The summed E-state index contributed by atoms with van der Waals surface area (Å²) in [6, 6.07) is 15.8. The summed E-state index contributed by atoms with van der Waals surface area (Å²) in [5.41, 5.74) is -0.235. The molecule has 4 heteroatoms. The van der Waals surface area contributed by atoms with Gasteiger partial charge in [0.25, 0.3) is 0 Å². The number of hydrogen-bond donors (Lipinski definition) is 0. The first kappa shape index (κ1) is 10.3. The zero-order valence-electron chi connectivity index (χ0n) is 8.26. The molecule has 3 rings (SSSR count). The van der Waals surface area contributed by atoms with Crippen LogP contribution in [0.3, 0.4) is 0 Å². The van der Waals surface area contributed by atoms with Crippen molar-refractivity contribution in [3.8, 4) is 16.9 Å². The molecule has 80 valence electrons. The van der Waals surface area contributed by atoms with Gasteiger partial charge in [0.15, 0.2) is 0 Å². The van der Waals surface area contributed by atoms with Crippen LogP contribution in [-0.4, -0.2) is 0 Å². The lowest BCUT2D eigenvalue weighted by Gasteiger charge is -2.26. The molecule has 1 unspecified atom stereocenters. The van der Waals surface area contributed by atoms with Crippen molar-refractivity contribution in [1.29, 1.82) is 0 Å². The number of fused-ring (bicyclic) bond motifs is 3. The largest absolute Gasteiger partial charge is 0.448 e. The van der Waals surface area contributed by atoms with Crippen molar-refractivity contribution in [2.24, 2.45) is 0 Å². The summed E-state index contributed by atoms with van der Waals surface area (Å²) < 4.78 is 5.74. The lowest BCUT2D eigenvalue weighted by Crippen LogP contribution is -2.13. The van der Waals surface area contributed by atoms with Gasteiger partial charge in [-0.2, -0.15) is 0 Å². The molecule has 1 aliphatic rings. The van der Waals surface area contributed by atoms with E-state index >= 15 is 0 Å². The molecule has 1 atom stereocenters. The van der Waals surface area contributed by atoms with Crippen LogP contribution >= 0.6 is 16.9 Å². The Kier molecular flexibility index (Phi) is 2.32. The van der Waals surface area contributed by atoms with E-state index in [1.54, 1.807) is 0 Å². The predicted octanol–water partition coefficient (Wildman–Crippen LogP) is 3.92. The molecular formula is C12H8ClOPS. The monoisotopic (exact) mass is 266 g/mol. The van der Waals surface area contributed by atoms with Crippen LogP contribution in [-0.2, 0) is 11.8 Å². The van der Waals surface area contributed by atoms with Crippen LogP contribution in [0.2, 0.25) is 0 Å². The highest BCUT2D eigenvalue weighted by atomic mass is 35.7. The van der Waals surface area contributed by atoms with E-state index in [0.29, 0.717) is 0 Å². The standard InChI is InChI=1S/C12H8ClOPS/c13-15(16)12-8-4-2-6-10(12)9-5-1-3-7-11(9)14-15/h1-8H.